The fraction of sp³-hybridized carbons (Fsp3) is 0.400. The van der Waals surface area contributed by atoms with E-state index in [4.69, 9.17) is 0 Å². The van der Waals surface area contributed by atoms with Crippen LogP contribution in [0.25, 0.3) is 0 Å². The molecule has 1 aromatic rings. The van der Waals surface area contributed by atoms with E-state index in [0.717, 1.165) is 29.9 Å². The van der Waals surface area contributed by atoms with Crippen molar-refractivity contribution in [2.45, 2.75) is 20.8 Å². The van der Waals surface area contributed by atoms with Gasteiger partial charge in [-0.05, 0) is 32.0 Å². The second-order valence-corrected chi connectivity index (χ2v) is 4.62. The molecule has 0 saturated carbocycles. The van der Waals surface area contributed by atoms with E-state index in [1.807, 2.05) is 45.0 Å². The maximum atomic E-state index is 11.9. The highest BCUT2D eigenvalue weighted by atomic mass is 16.2. The van der Waals surface area contributed by atoms with Crippen molar-refractivity contribution in [3.8, 4) is 0 Å². The first-order valence-electron chi connectivity index (χ1n) is 6.25. The van der Waals surface area contributed by atoms with Crippen LogP contribution in [-0.4, -0.2) is 30.4 Å². The summed E-state index contributed by atoms with van der Waals surface area (Å²) in [6, 6.07) is 7.79. The van der Waals surface area contributed by atoms with Crippen LogP contribution in [0.3, 0.4) is 0 Å². The molecule has 0 aliphatic heterocycles. The molecule has 0 saturated heterocycles. The van der Waals surface area contributed by atoms with Gasteiger partial charge in [0.15, 0.2) is 0 Å². The number of anilines is 1. The van der Waals surface area contributed by atoms with E-state index in [9.17, 15) is 4.79 Å². The van der Waals surface area contributed by atoms with Gasteiger partial charge in [0.25, 0.3) is 0 Å². The number of amides is 1. The first kappa shape index (κ1) is 14.5. The quantitative estimate of drug-likeness (QED) is 0.783. The summed E-state index contributed by atoms with van der Waals surface area (Å²) >= 11 is 0. The smallest absolute Gasteiger partial charge is 0.238 e. The summed E-state index contributed by atoms with van der Waals surface area (Å²) in [7, 11) is 0. The summed E-state index contributed by atoms with van der Waals surface area (Å²) in [5.74, 6) is 0.0207. The average molecular weight is 246 g/mol. The number of aryl methyl sites for hydroxylation is 1. The fourth-order valence-electron chi connectivity index (χ4n) is 1.77. The maximum Gasteiger partial charge on any atom is 0.238 e. The monoisotopic (exact) mass is 246 g/mol. The van der Waals surface area contributed by atoms with Gasteiger partial charge in [0.2, 0.25) is 5.91 Å². The Morgan fingerprint density at radius 1 is 1.33 bits per heavy atom. The minimum absolute atomic E-state index is 0.0207. The van der Waals surface area contributed by atoms with Gasteiger partial charge in [0.1, 0.15) is 0 Å². The minimum atomic E-state index is 0.0207. The van der Waals surface area contributed by atoms with Crippen molar-refractivity contribution in [1.29, 1.82) is 0 Å². The number of carbonyl (C=O) groups is 1. The maximum absolute atomic E-state index is 11.9. The molecule has 3 nitrogen and oxygen atoms in total. The lowest BCUT2D eigenvalue weighted by atomic mass is 10.2. The summed E-state index contributed by atoms with van der Waals surface area (Å²) in [4.78, 5) is 14.0. The molecule has 0 heterocycles. The zero-order valence-electron chi connectivity index (χ0n) is 11.5. The van der Waals surface area contributed by atoms with E-state index in [-0.39, 0.29) is 5.91 Å². The highest BCUT2D eigenvalue weighted by Gasteiger charge is 2.09. The van der Waals surface area contributed by atoms with Gasteiger partial charge < -0.3 is 5.32 Å². The molecule has 0 bridgehead atoms. The Balaban J connectivity index is 2.55. The molecule has 18 heavy (non-hydrogen) atoms. The van der Waals surface area contributed by atoms with Crippen LogP contribution < -0.4 is 5.32 Å². The van der Waals surface area contributed by atoms with Crippen LogP contribution in [0, 0.1) is 6.92 Å². The van der Waals surface area contributed by atoms with Crippen molar-refractivity contribution in [3.05, 3.63) is 42.0 Å². The van der Waals surface area contributed by atoms with Gasteiger partial charge in [-0.15, -0.1) is 0 Å². The van der Waals surface area contributed by atoms with E-state index < -0.39 is 0 Å². The lowest BCUT2D eigenvalue weighted by molar-refractivity contribution is -0.117. The van der Waals surface area contributed by atoms with E-state index in [1.165, 1.54) is 0 Å². The Morgan fingerprint density at radius 3 is 2.56 bits per heavy atom. The Kier molecular flexibility index (Phi) is 5.59. The molecule has 1 N–H and O–H groups in total. The molecule has 1 aromatic carbocycles. The fourth-order valence-corrected chi connectivity index (χ4v) is 1.77. The first-order valence-corrected chi connectivity index (χ1v) is 6.25. The second-order valence-electron chi connectivity index (χ2n) is 4.62. The number of para-hydroxylation sites is 1. The Morgan fingerprint density at radius 2 is 2.00 bits per heavy atom. The number of carbonyl (C=O) groups excluding carboxylic acids is 1. The van der Waals surface area contributed by atoms with Crippen molar-refractivity contribution in [1.82, 2.24) is 4.90 Å². The predicted molar refractivity (Wildman–Crippen MR) is 76.7 cm³/mol. The second kappa shape index (κ2) is 6.97. The molecule has 98 valence electrons. The van der Waals surface area contributed by atoms with Crippen molar-refractivity contribution in [2.75, 3.05) is 25.0 Å². The zero-order valence-corrected chi connectivity index (χ0v) is 11.5. The third kappa shape index (κ3) is 4.72. The van der Waals surface area contributed by atoms with E-state index in [2.05, 4.69) is 16.8 Å². The molecule has 0 aliphatic rings. The molecular weight excluding hydrogens is 224 g/mol. The van der Waals surface area contributed by atoms with Crippen molar-refractivity contribution in [3.63, 3.8) is 0 Å². The molecule has 1 rings (SSSR count). The molecule has 3 heteroatoms. The summed E-state index contributed by atoms with van der Waals surface area (Å²) in [6.45, 7) is 11.9. The molecule has 0 atom stereocenters. The Labute approximate surface area is 109 Å². The zero-order chi connectivity index (χ0) is 13.5. The van der Waals surface area contributed by atoms with Crippen molar-refractivity contribution < 1.29 is 4.79 Å². The van der Waals surface area contributed by atoms with Gasteiger partial charge in [0.05, 0.1) is 6.54 Å². The molecule has 1 amide bonds. The standard InChI is InChI=1S/C15H22N2O/c1-5-17(10-12(2)3)11-15(18)16-14-9-7-6-8-13(14)4/h6-9H,2,5,10-11H2,1,3-4H3,(H,16,18). The third-order valence-electron chi connectivity index (χ3n) is 2.73. The number of nitrogens with one attached hydrogen (secondary N) is 1. The number of rotatable bonds is 6. The van der Waals surface area contributed by atoms with Gasteiger partial charge in [0, 0.05) is 12.2 Å². The highest BCUT2D eigenvalue weighted by molar-refractivity contribution is 5.92. The Bertz CT molecular complexity index is 426. The van der Waals surface area contributed by atoms with Crippen LogP contribution in [0.5, 0.6) is 0 Å². The van der Waals surface area contributed by atoms with Gasteiger partial charge in [-0.25, -0.2) is 0 Å². The van der Waals surface area contributed by atoms with Crippen molar-refractivity contribution >= 4 is 11.6 Å². The summed E-state index contributed by atoms with van der Waals surface area (Å²) < 4.78 is 0. The van der Waals surface area contributed by atoms with Crippen LogP contribution in [0.4, 0.5) is 5.69 Å². The van der Waals surface area contributed by atoms with Gasteiger partial charge in [-0.3, -0.25) is 9.69 Å². The first-order chi connectivity index (χ1) is 8.52. The number of nitrogens with zero attached hydrogens (tertiary/aromatic N) is 1. The van der Waals surface area contributed by atoms with Crippen molar-refractivity contribution in [2.24, 2.45) is 0 Å². The third-order valence-corrected chi connectivity index (χ3v) is 2.73. The molecular formula is C15H22N2O. The minimum Gasteiger partial charge on any atom is -0.325 e. The molecule has 0 spiro atoms. The summed E-state index contributed by atoms with van der Waals surface area (Å²) in [6.07, 6.45) is 0. The van der Waals surface area contributed by atoms with Crippen LogP contribution in [0.15, 0.2) is 36.4 Å². The Hall–Kier alpha value is -1.61. The molecule has 0 aromatic heterocycles. The van der Waals surface area contributed by atoms with Crippen LogP contribution in [-0.2, 0) is 4.79 Å². The van der Waals surface area contributed by atoms with Gasteiger partial charge in [-0.2, -0.15) is 0 Å². The number of hydrogen-bond donors (Lipinski definition) is 1. The summed E-state index contributed by atoms with van der Waals surface area (Å²) in [5, 5.41) is 2.94. The number of hydrogen-bond acceptors (Lipinski definition) is 2. The van der Waals surface area contributed by atoms with Crippen LogP contribution >= 0.6 is 0 Å². The SMILES string of the molecule is C=C(C)CN(CC)CC(=O)Nc1ccccc1C. The number of benzene rings is 1. The molecule has 0 unspecified atom stereocenters. The molecule has 0 radical (unpaired) electrons. The van der Waals surface area contributed by atoms with E-state index in [1.54, 1.807) is 0 Å². The normalized spacial score (nSPS) is 10.4. The predicted octanol–water partition coefficient (Wildman–Crippen LogP) is 2.83. The van der Waals surface area contributed by atoms with Crippen LogP contribution in [0.2, 0.25) is 0 Å². The number of likely N-dealkylation sites (N-methyl/N-ethyl adjacent to an activating group) is 1. The highest BCUT2D eigenvalue weighted by Crippen LogP contribution is 2.12. The summed E-state index contributed by atoms with van der Waals surface area (Å²) in [5.41, 5.74) is 3.03. The van der Waals surface area contributed by atoms with Crippen LogP contribution in [0.1, 0.15) is 19.4 Å². The van der Waals surface area contributed by atoms with E-state index >= 15 is 0 Å². The van der Waals surface area contributed by atoms with E-state index in [0.29, 0.717) is 6.54 Å². The largest absolute Gasteiger partial charge is 0.325 e. The van der Waals surface area contributed by atoms with Gasteiger partial charge >= 0.3 is 0 Å². The lowest BCUT2D eigenvalue weighted by Gasteiger charge is -2.20. The topological polar surface area (TPSA) is 32.3 Å². The molecule has 0 fully saturated rings. The lowest BCUT2D eigenvalue weighted by Crippen LogP contribution is -2.34. The van der Waals surface area contributed by atoms with Gasteiger partial charge in [-0.1, -0.05) is 37.3 Å². The average Bonchev–Trinajstić information content (AvgIpc) is 2.30. The molecule has 0 aliphatic carbocycles.